The molecule has 1 aromatic rings. The number of methoxy groups -OCH3 is 2. The fourth-order valence-corrected chi connectivity index (χ4v) is 1.99. The van der Waals surface area contributed by atoms with Crippen LogP contribution in [0.15, 0.2) is 18.2 Å². The summed E-state index contributed by atoms with van der Waals surface area (Å²) in [7, 11) is 3.19. The number of likely N-dealkylation sites (N-methyl/N-ethyl adjacent to an activating group) is 1. The lowest BCUT2D eigenvalue weighted by Gasteiger charge is -2.28. The molecule has 1 unspecified atom stereocenters. The molecule has 0 aliphatic carbocycles. The van der Waals surface area contributed by atoms with Gasteiger partial charge in [0.05, 0.1) is 27.4 Å². The van der Waals surface area contributed by atoms with Crippen LogP contribution in [0.5, 0.6) is 17.2 Å². The Morgan fingerprint density at radius 2 is 1.80 bits per heavy atom. The molecule has 0 spiro atoms. The summed E-state index contributed by atoms with van der Waals surface area (Å²) < 4.78 is 16.3. The number of nitrogens with one attached hydrogen (secondary N) is 1. The second kappa shape index (κ2) is 7.97. The van der Waals surface area contributed by atoms with Crippen LogP contribution >= 0.6 is 0 Å². The van der Waals surface area contributed by atoms with Gasteiger partial charge in [-0.2, -0.15) is 0 Å². The Hall–Kier alpha value is -1.46. The molecule has 1 aromatic carbocycles. The van der Waals surface area contributed by atoms with E-state index in [0.29, 0.717) is 30.3 Å². The van der Waals surface area contributed by atoms with Crippen LogP contribution in [0.2, 0.25) is 0 Å². The lowest BCUT2D eigenvalue weighted by atomic mass is 10.00. The molecule has 5 nitrogen and oxygen atoms in total. The molecule has 1 atom stereocenters. The smallest absolute Gasteiger partial charge is 0.203 e. The number of aliphatic hydroxyl groups excluding tert-OH is 1. The van der Waals surface area contributed by atoms with Crippen molar-refractivity contribution in [2.75, 3.05) is 34.0 Å². The molecule has 114 valence electrons. The third-order valence-electron chi connectivity index (χ3n) is 3.24. The van der Waals surface area contributed by atoms with Crippen molar-refractivity contribution < 1.29 is 19.3 Å². The zero-order valence-electron chi connectivity index (χ0n) is 12.7. The summed E-state index contributed by atoms with van der Waals surface area (Å²) in [5.74, 6) is 1.87. The summed E-state index contributed by atoms with van der Waals surface area (Å²) in [5, 5.41) is 12.7. The van der Waals surface area contributed by atoms with Gasteiger partial charge >= 0.3 is 0 Å². The van der Waals surface area contributed by atoms with E-state index in [1.165, 1.54) is 0 Å². The van der Waals surface area contributed by atoms with Gasteiger partial charge in [0.1, 0.15) is 0 Å². The second-order valence-electron chi connectivity index (χ2n) is 4.84. The average molecular weight is 283 g/mol. The van der Waals surface area contributed by atoms with E-state index in [2.05, 4.69) is 5.32 Å². The molecule has 0 saturated heterocycles. The van der Waals surface area contributed by atoms with Crippen molar-refractivity contribution in [2.45, 2.75) is 25.8 Å². The lowest BCUT2D eigenvalue weighted by Crippen LogP contribution is -2.46. The number of hydrogen-bond acceptors (Lipinski definition) is 5. The molecule has 0 saturated carbocycles. The third kappa shape index (κ3) is 4.28. The zero-order valence-corrected chi connectivity index (χ0v) is 12.7. The molecular weight excluding hydrogens is 258 g/mol. The minimum absolute atomic E-state index is 0.0628. The Morgan fingerprint density at radius 1 is 1.20 bits per heavy atom. The molecule has 0 amide bonds. The van der Waals surface area contributed by atoms with E-state index in [1.54, 1.807) is 14.2 Å². The van der Waals surface area contributed by atoms with Crippen LogP contribution in [-0.2, 0) is 0 Å². The van der Waals surface area contributed by atoms with Crippen LogP contribution < -0.4 is 19.5 Å². The summed E-state index contributed by atoms with van der Waals surface area (Å²) in [6, 6.07) is 5.50. The summed E-state index contributed by atoms with van der Waals surface area (Å²) in [4.78, 5) is 0. The van der Waals surface area contributed by atoms with E-state index >= 15 is 0 Å². The van der Waals surface area contributed by atoms with Gasteiger partial charge in [-0.25, -0.2) is 0 Å². The SMILES string of the molecule is CCNC(C)(CO)CCOc1c(OC)cccc1OC. The van der Waals surface area contributed by atoms with E-state index in [4.69, 9.17) is 14.2 Å². The van der Waals surface area contributed by atoms with E-state index in [1.807, 2.05) is 32.0 Å². The van der Waals surface area contributed by atoms with E-state index in [-0.39, 0.29) is 12.1 Å². The zero-order chi connectivity index (χ0) is 15.0. The normalized spacial score (nSPS) is 13.7. The maximum absolute atomic E-state index is 9.45. The number of benzene rings is 1. The van der Waals surface area contributed by atoms with Crippen LogP contribution in [0.3, 0.4) is 0 Å². The van der Waals surface area contributed by atoms with Crippen molar-refractivity contribution >= 4 is 0 Å². The van der Waals surface area contributed by atoms with Gasteiger partial charge in [-0.3, -0.25) is 0 Å². The molecule has 0 bridgehead atoms. The molecule has 2 N–H and O–H groups in total. The van der Waals surface area contributed by atoms with Crippen molar-refractivity contribution in [2.24, 2.45) is 0 Å². The molecule has 0 heterocycles. The number of hydrogen-bond donors (Lipinski definition) is 2. The molecule has 5 heteroatoms. The molecule has 0 aliphatic rings. The standard InChI is InChI=1S/C15H25NO4/c1-5-16-15(2,11-17)9-10-20-14-12(18-3)7-6-8-13(14)19-4/h6-8,16-17H,5,9-11H2,1-4H3. The second-order valence-corrected chi connectivity index (χ2v) is 4.84. The lowest BCUT2D eigenvalue weighted by molar-refractivity contribution is 0.143. The maximum atomic E-state index is 9.45. The predicted octanol–water partition coefficient (Wildman–Crippen LogP) is 1.83. The Bertz CT molecular complexity index is 389. The molecule has 0 fully saturated rings. The highest BCUT2D eigenvalue weighted by molar-refractivity contribution is 5.51. The molecule has 0 radical (unpaired) electrons. The quantitative estimate of drug-likeness (QED) is 0.724. The first kappa shape index (κ1) is 16.6. The summed E-state index contributed by atoms with van der Waals surface area (Å²) in [5.41, 5.74) is -0.343. The molecule has 1 rings (SSSR count). The first-order valence-electron chi connectivity index (χ1n) is 6.80. The average Bonchev–Trinajstić information content (AvgIpc) is 2.47. The Labute approximate surface area is 120 Å². The minimum Gasteiger partial charge on any atom is -0.493 e. The summed E-state index contributed by atoms with van der Waals surface area (Å²) >= 11 is 0. The molecule has 20 heavy (non-hydrogen) atoms. The third-order valence-corrected chi connectivity index (χ3v) is 3.24. The number of aliphatic hydroxyl groups is 1. The van der Waals surface area contributed by atoms with Crippen molar-refractivity contribution in [3.8, 4) is 17.2 Å². The Morgan fingerprint density at radius 3 is 2.25 bits per heavy atom. The van der Waals surface area contributed by atoms with Gasteiger partial charge in [-0.05, 0) is 25.6 Å². The monoisotopic (exact) mass is 283 g/mol. The van der Waals surface area contributed by atoms with Gasteiger partial charge in [0.2, 0.25) is 5.75 Å². The summed E-state index contributed by atoms with van der Waals surface area (Å²) in [6.07, 6.45) is 0.679. The van der Waals surface area contributed by atoms with Crippen LogP contribution in [0.25, 0.3) is 0 Å². The topological polar surface area (TPSA) is 60.0 Å². The van der Waals surface area contributed by atoms with Gasteiger partial charge in [-0.15, -0.1) is 0 Å². The molecular formula is C15H25NO4. The predicted molar refractivity (Wildman–Crippen MR) is 78.8 cm³/mol. The van der Waals surface area contributed by atoms with E-state index < -0.39 is 0 Å². The van der Waals surface area contributed by atoms with Gasteiger partial charge in [0.25, 0.3) is 0 Å². The number of ether oxygens (including phenoxy) is 3. The highest BCUT2D eigenvalue weighted by Crippen LogP contribution is 2.36. The van der Waals surface area contributed by atoms with Crippen molar-refractivity contribution in [3.05, 3.63) is 18.2 Å². The van der Waals surface area contributed by atoms with Crippen LogP contribution in [0.1, 0.15) is 20.3 Å². The first-order chi connectivity index (χ1) is 9.60. The fourth-order valence-electron chi connectivity index (χ4n) is 1.99. The van der Waals surface area contributed by atoms with Crippen LogP contribution in [0.4, 0.5) is 0 Å². The van der Waals surface area contributed by atoms with Crippen molar-refractivity contribution in [3.63, 3.8) is 0 Å². The van der Waals surface area contributed by atoms with Crippen molar-refractivity contribution in [1.29, 1.82) is 0 Å². The van der Waals surface area contributed by atoms with Gasteiger partial charge in [0.15, 0.2) is 11.5 Å². The van der Waals surface area contributed by atoms with Crippen molar-refractivity contribution in [1.82, 2.24) is 5.32 Å². The highest BCUT2D eigenvalue weighted by Gasteiger charge is 2.22. The Kier molecular flexibility index (Phi) is 6.61. The summed E-state index contributed by atoms with van der Waals surface area (Å²) in [6.45, 7) is 5.31. The molecule has 0 aromatic heterocycles. The van der Waals surface area contributed by atoms with Crippen LogP contribution in [0, 0.1) is 0 Å². The van der Waals surface area contributed by atoms with Gasteiger partial charge in [-0.1, -0.05) is 13.0 Å². The Balaban J connectivity index is 2.70. The largest absolute Gasteiger partial charge is 0.493 e. The van der Waals surface area contributed by atoms with E-state index in [0.717, 1.165) is 6.54 Å². The van der Waals surface area contributed by atoms with Gasteiger partial charge in [0, 0.05) is 12.0 Å². The molecule has 0 aliphatic heterocycles. The minimum atomic E-state index is -0.343. The first-order valence-corrected chi connectivity index (χ1v) is 6.80. The fraction of sp³-hybridized carbons (Fsp3) is 0.600. The number of para-hydroxylation sites is 1. The number of rotatable bonds is 9. The maximum Gasteiger partial charge on any atom is 0.203 e. The highest BCUT2D eigenvalue weighted by atomic mass is 16.5. The van der Waals surface area contributed by atoms with Gasteiger partial charge < -0.3 is 24.6 Å². The van der Waals surface area contributed by atoms with E-state index in [9.17, 15) is 5.11 Å². The van der Waals surface area contributed by atoms with Crippen LogP contribution in [-0.4, -0.2) is 44.6 Å².